The summed E-state index contributed by atoms with van der Waals surface area (Å²) in [6, 6.07) is 9.70. The predicted molar refractivity (Wildman–Crippen MR) is 86.8 cm³/mol. The van der Waals surface area contributed by atoms with Gasteiger partial charge in [0.25, 0.3) is 0 Å². The van der Waals surface area contributed by atoms with Crippen LogP contribution in [-0.2, 0) is 9.53 Å². The van der Waals surface area contributed by atoms with Gasteiger partial charge in [-0.15, -0.1) is 6.58 Å². The number of esters is 1. The first kappa shape index (κ1) is 16.6. The van der Waals surface area contributed by atoms with Crippen LogP contribution in [0.15, 0.2) is 43.0 Å². The fourth-order valence-corrected chi connectivity index (χ4v) is 2.83. The molecule has 3 atom stereocenters. The highest BCUT2D eigenvalue weighted by atomic mass is 16.6. The number of hydrogen-bond acceptors (Lipinski definition) is 4. The van der Waals surface area contributed by atoms with Crippen LogP contribution in [0, 0.1) is 5.92 Å². The fourth-order valence-electron chi connectivity index (χ4n) is 2.83. The van der Waals surface area contributed by atoms with Crippen molar-refractivity contribution in [1.82, 2.24) is 4.90 Å². The minimum atomic E-state index is -0.301. The van der Waals surface area contributed by atoms with Crippen molar-refractivity contribution in [3.8, 4) is 5.75 Å². The van der Waals surface area contributed by atoms with Crippen LogP contribution in [0.2, 0.25) is 0 Å². The van der Waals surface area contributed by atoms with Crippen molar-refractivity contribution in [2.24, 2.45) is 5.92 Å². The van der Waals surface area contributed by atoms with Crippen molar-refractivity contribution in [2.75, 3.05) is 19.7 Å². The summed E-state index contributed by atoms with van der Waals surface area (Å²) in [5, 5.41) is 0. The minimum absolute atomic E-state index is 0.0389. The predicted octanol–water partition coefficient (Wildman–Crippen LogP) is 2.89. The van der Waals surface area contributed by atoms with E-state index in [1.807, 2.05) is 36.4 Å². The van der Waals surface area contributed by atoms with E-state index in [2.05, 4.69) is 25.3 Å². The van der Waals surface area contributed by atoms with E-state index in [0.29, 0.717) is 17.7 Å². The summed E-state index contributed by atoms with van der Waals surface area (Å²) in [6.45, 7) is 9.83. The van der Waals surface area contributed by atoms with E-state index < -0.39 is 0 Å². The Balaban J connectivity index is 1.80. The Morgan fingerprint density at radius 1 is 1.36 bits per heavy atom. The summed E-state index contributed by atoms with van der Waals surface area (Å²) in [7, 11) is 0. The third-order valence-electron chi connectivity index (χ3n) is 4.10. The second-order valence-corrected chi connectivity index (χ2v) is 5.93. The normalized spacial score (nSPS) is 25.5. The van der Waals surface area contributed by atoms with Crippen molar-refractivity contribution in [3.63, 3.8) is 0 Å². The molecule has 1 aliphatic rings. The summed E-state index contributed by atoms with van der Waals surface area (Å²) in [6.07, 6.45) is 2.73. The van der Waals surface area contributed by atoms with E-state index >= 15 is 0 Å². The first-order chi connectivity index (χ1) is 10.6. The highest BCUT2D eigenvalue weighted by Crippen LogP contribution is 2.24. The molecule has 1 fully saturated rings. The molecule has 3 unspecified atom stereocenters. The maximum absolute atomic E-state index is 12.0. The molecule has 0 bridgehead atoms. The zero-order valence-corrected chi connectivity index (χ0v) is 13.4. The number of piperidine rings is 1. The first-order valence-electron chi connectivity index (χ1n) is 7.82. The maximum atomic E-state index is 12.0. The van der Waals surface area contributed by atoms with Gasteiger partial charge in [-0.1, -0.05) is 31.2 Å². The van der Waals surface area contributed by atoms with Crippen LogP contribution in [0.4, 0.5) is 0 Å². The van der Waals surface area contributed by atoms with Crippen molar-refractivity contribution in [2.45, 2.75) is 32.4 Å². The molecule has 0 N–H and O–H groups in total. The van der Waals surface area contributed by atoms with Crippen LogP contribution in [0.3, 0.4) is 0 Å². The second kappa shape index (κ2) is 7.99. The molecule has 1 saturated heterocycles. The van der Waals surface area contributed by atoms with E-state index in [0.717, 1.165) is 19.5 Å². The number of carbonyl (C=O) groups excluding carboxylic acids is 1. The Bertz CT molecular complexity index is 488. The number of benzene rings is 1. The number of para-hydroxylation sites is 1. The van der Waals surface area contributed by atoms with Gasteiger partial charge in [0.05, 0.1) is 0 Å². The third kappa shape index (κ3) is 4.60. The Morgan fingerprint density at radius 2 is 2.09 bits per heavy atom. The van der Waals surface area contributed by atoms with Crippen molar-refractivity contribution in [1.29, 1.82) is 0 Å². The van der Waals surface area contributed by atoms with E-state index in [-0.39, 0.29) is 18.7 Å². The molecule has 0 amide bonds. The molecule has 22 heavy (non-hydrogen) atoms. The minimum Gasteiger partial charge on any atom is -0.482 e. The molecule has 0 saturated carbocycles. The molecule has 0 spiro atoms. The lowest BCUT2D eigenvalue weighted by Gasteiger charge is -2.40. The lowest BCUT2D eigenvalue weighted by molar-refractivity contribution is -0.158. The Kier molecular flexibility index (Phi) is 6.01. The number of hydrogen-bond donors (Lipinski definition) is 0. The molecular formula is C18H25NO3. The van der Waals surface area contributed by atoms with Gasteiger partial charge in [-0.3, -0.25) is 4.90 Å². The number of ether oxygens (including phenoxy) is 2. The van der Waals surface area contributed by atoms with Crippen LogP contribution in [0.1, 0.15) is 20.3 Å². The summed E-state index contributed by atoms with van der Waals surface area (Å²) in [5.74, 6) is 0.698. The van der Waals surface area contributed by atoms with Crippen LogP contribution in [-0.4, -0.2) is 42.7 Å². The molecule has 4 heteroatoms. The lowest BCUT2D eigenvalue weighted by Crippen LogP contribution is -2.49. The molecule has 1 aliphatic heterocycles. The summed E-state index contributed by atoms with van der Waals surface area (Å²) in [4.78, 5) is 14.3. The van der Waals surface area contributed by atoms with Crippen LogP contribution in [0.25, 0.3) is 0 Å². The monoisotopic (exact) mass is 303 g/mol. The molecule has 1 aromatic carbocycles. The van der Waals surface area contributed by atoms with E-state index in [1.54, 1.807) is 0 Å². The standard InChI is InChI=1S/C18H25NO3/c1-4-10-19-12-14(2)17(11-15(19)3)22-18(20)13-21-16-8-6-5-7-9-16/h4-9,14-15,17H,1,10-13H2,2-3H3. The zero-order valence-electron chi connectivity index (χ0n) is 13.4. The van der Waals surface area contributed by atoms with Gasteiger partial charge in [-0.2, -0.15) is 0 Å². The Labute approximate surface area is 132 Å². The summed E-state index contributed by atoms with van der Waals surface area (Å²) >= 11 is 0. The first-order valence-corrected chi connectivity index (χ1v) is 7.82. The summed E-state index contributed by atoms with van der Waals surface area (Å²) < 4.78 is 11.0. The average Bonchev–Trinajstić information content (AvgIpc) is 2.51. The molecule has 1 aromatic rings. The highest BCUT2D eigenvalue weighted by Gasteiger charge is 2.32. The van der Waals surface area contributed by atoms with Crippen molar-refractivity contribution in [3.05, 3.63) is 43.0 Å². The number of nitrogens with zero attached hydrogens (tertiary/aromatic N) is 1. The van der Waals surface area contributed by atoms with Gasteiger partial charge >= 0.3 is 5.97 Å². The van der Waals surface area contributed by atoms with Crippen LogP contribution in [0.5, 0.6) is 5.75 Å². The molecule has 0 aromatic heterocycles. The smallest absolute Gasteiger partial charge is 0.344 e. The van der Waals surface area contributed by atoms with Gasteiger partial charge in [0.1, 0.15) is 11.9 Å². The molecule has 2 rings (SSSR count). The second-order valence-electron chi connectivity index (χ2n) is 5.93. The molecule has 4 nitrogen and oxygen atoms in total. The Hall–Kier alpha value is -1.81. The number of likely N-dealkylation sites (tertiary alicyclic amines) is 1. The quantitative estimate of drug-likeness (QED) is 0.598. The van der Waals surface area contributed by atoms with Crippen LogP contribution < -0.4 is 4.74 Å². The van der Waals surface area contributed by atoms with Crippen molar-refractivity contribution < 1.29 is 14.3 Å². The number of rotatable bonds is 6. The largest absolute Gasteiger partial charge is 0.482 e. The molecule has 120 valence electrons. The maximum Gasteiger partial charge on any atom is 0.344 e. The van der Waals surface area contributed by atoms with Gasteiger partial charge < -0.3 is 9.47 Å². The molecule has 0 aliphatic carbocycles. The van der Waals surface area contributed by atoms with Crippen molar-refractivity contribution >= 4 is 5.97 Å². The molecule has 0 radical (unpaired) electrons. The highest BCUT2D eigenvalue weighted by molar-refractivity contribution is 5.71. The summed E-state index contributed by atoms with van der Waals surface area (Å²) in [5.41, 5.74) is 0. The van der Waals surface area contributed by atoms with E-state index in [1.165, 1.54) is 0 Å². The van der Waals surface area contributed by atoms with Gasteiger partial charge in [0, 0.05) is 25.0 Å². The lowest BCUT2D eigenvalue weighted by atomic mass is 9.91. The molecular weight excluding hydrogens is 278 g/mol. The third-order valence-corrected chi connectivity index (χ3v) is 4.10. The average molecular weight is 303 g/mol. The van der Waals surface area contributed by atoms with Gasteiger partial charge in [-0.05, 0) is 25.5 Å². The SMILES string of the molecule is C=CCN1CC(C)C(OC(=O)COc2ccccc2)CC1C. The molecule has 1 heterocycles. The zero-order chi connectivity index (χ0) is 15.9. The fraction of sp³-hybridized carbons (Fsp3) is 0.500. The van der Waals surface area contributed by atoms with Gasteiger partial charge in [-0.25, -0.2) is 4.79 Å². The van der Waals surface area contributed by atoms with Gasteiger partial charge in [0.15, 0.2) is 6.61 Å². The Morgan fingerprint density at radius 3 is 2.77 bits per heavy atom. The van der Waals surface area contributed by atoms with Gasteiger partial charge in [0.2, 0.25) is 0 Å². The van der Waals surface area contributed by atoms with Crippen LogP contribution >= 0.6 is 0 Å². The number of carbonyl (C=O) groups is 1. The van der Waals surface area contributed by atoms with E-state index in [4.69, 9.17) is 9.47 Å². The topological polar surface area (TPSA) is 38.8 Å². The van der Waals surface area contributed by atoms with E-state index in [9.17, 15) is 4.79 Å².